The van der Waals surface area contributed by atoms with E-state index in [2.05, 4.69) is 25.4 Å². The predicted molar refractivity (Wildman–Crippen MR) is 75.8 cm³/mol. The van der Waals surface area contributed by atoms with E-state index < -0.39 is 0 Å². The summed E-state index contributed by atoms with van der Waals surface area (Å²) < 4.78 is 0.252. The lowest BCUT2D eigenvalue weighted by Gasteiger charge is -2.22. The first-order valence-electron chi connectivity index (χ1n) is 5.14. The van der Waals surface area contributed by atoms with Crippen LogP contribution in [0.4, 0.5) is 0 Å². The summed E-state index contributed by atoms with van der Waals surface area (Å²) in [5.41, 5.74) is 1.12. The molecule has 0 spiro atoms. The van der Waals surface area contributed by atoms with Crippen molar-refractivity contribution in [3.8, 4) is 0 Å². The Labute approximate surface area is 112 Å². The van der Waals surface area contributed by atoms with Crippen LogP contribution >= 0.6 is 35.0 Å². The molecule has 0 heterocycles. The minimum absolute atomic E-state index is 0.252. The zero-order valence-electron chi connectivity index (χ0n) is 9.81. The Hall–Kier alpha value is 0.110. The lowest BCUT2D eigenvalue weighted by Crippen LogP contribution is -2.31. The lowest BCUT2D eigenvalue weighted by atomic mass is 10.2. The Kier molecular flexibility index (Phi) is 5.45. The maximum Gasteiger partial charge on any atom is 0.0424 e. The molecule has 0 saturated heterocycles. The van der Waals surface area contributed by atoms with Crippen LogP contribution in [-0.4, -0.2) is 17.5 Å². The molecule has 0 saturated carbocycles. The topological polar surface area (TPSA) is 12.0 Å². The summed E-state index contributed by atoms with van der Waals surface area (Å²) in [6, 6.07) is 5.62. The van der Waals surface area contributed by atoms with E-state index in [1.54, 1.807) is 6.07 Å². The molecule has 0 unspecified atom stereocenters. The van der Waals surface area contributed by atoms with Gasteiger partial charge in [0.05, 0.1) is 0 Å². The number of hydrogen-bond donors (Lipinski definition) is 1. The second-order valence-electron chi connectivity index (χ2n) is 4.35. The van der Waals surface area contributed by atoms with Gasteiger partial charge < -0.3 is 5.32 Å². The Morgan fingerprint density at radius 2 is 1.75 bits per heavy atom. The van der Waals surface area contributed by atoms with Gasteiger partial charge in [-0.25, -0.2) is 0 Å². The molecule has 1 aromatic carbocycles. The second kappa shape index (κ2) is 6.15. The minimum Gasteiger partial charge on any atom is -0.311 e. The van der Waals surface area contributed by atoms with Crippen LogP contribution in [-0.2, 0) is 6.54 Å². The predicted octanol–water partition coefficient (Wildman–Crippen LogP) is 4.22. The highest BCUT2D eigenvalue weighted by Crippen LogP contribution is 2.21. The molecular weight excluding hydrogens is 261 g/mol. The molecule has 90 valence electrons. The summed E-state index contributed by atoms with van der Waals surface area (Å²) in [6.45, 7) is 6.19. The van der Waals surface area contributed by atoms with Crippen LogP contribution in [0.1, 0.15) is 19.4 Å². The van der Waals surface area contributed by atoms with Gasteiger partial charge in [0, 0.05) is 27.9 Å². The maximum absolute atomic E-state index is 5.93. The van der Waals surface area contributed by atoms with Crippen LogP contribution in [0.25, 0.3) is 0 Å². The van der Waals surface area contributed by atoms with Gasteiger partial charge in [0.15, 0.2) is 0 Å². The zero-order valence-corrected chi connectivity index (χ0v) is 12.1. The largest absolute Gasteiger partial charge is 0.311 e. The molecule has 1 aromatic rings. The van der Waals surface area contributed by atoms with Gasteiger partial charge in [-0.15, -0.1) is 0 Å². The zero-order chi connectivity index (χ0) is 12.2. The van der Waals surface area contributed by atoms with Gasteiger partial charge in [-0.2, -0.15) is 11.8 Å². The average molecular weight is 278 g/mol. The number of rotatable bonds is 5. The van der Waals surface area contributed by atoms with Crippen molar-refractivity contribution in [2.75, 3.05) is 12.8 Å². The summed E-state index contributed by atoms with van der Waals surface area (Å²) in [4.78, 5) is 0. The van der Waals surface area contributed by atoms with Crippen LogP contribution in [0.5, 0.6) is 0 Å². The van der Waals surface area contributed by atoms with Gasteiger partial charge in [0.2, 0.25) is 0 Å². The highest BCUT2D eigenvalue weighted by molar-refractivity contribution is 7.99. The van der Waals surface area contributed by atoms with E-state index in [-0.39, 0.29) is 4.75 Å². The summed E-state index contributed by atoms with van der Waals surface area (Å²) >= 11 is 13.7. The van der Waals surface area contributed by atoms with Crippen LogP contribution in [0.3, 0.4) is 0 Å². The first-order valence-corrected chi connectivity index (χ1v) is 7.12. The van der Waals surface area contributed by atoms with E-state index in [9.17, 15) is 0 Å². The quantitative estimate of drug-likeness (QED) is 0.865. The van der Waals surface area contributed by atoms with Crippen LogP contribution in [0.15, 0.2) is 18.2 Å². The number of hydrogen-bond acceptors (Lipinski definition) is 2. The van der Waals surface area contributed by atoms with Crippen LogP contribution < -0.4 is 5.32 Å². The van der Waals surface area contributed by atoms with Crippen LogP contribution in [0.2, 0.25) is 10.0 Å². The molecule has 0 aromatic heterocycles. The van der Waals surface area contributed by atoms with E-state index in [0.717, 1.165) is 18.7 Å². The molecule has 0 radical (unpaired) electrons. The number of nitrogens with one attached hydrogen (secondary N) is 1. The molecule has 0 aliphatic heterocycles. The smallest absolute Gasteiger partial charge is 0.0424 e. The summed E-state index contributed by atoms with van der Waals surface area (Å²) in [6.07, 6.45) is 2.12. The number of halogens is 2. The van der Waals surface area contributed by atoms with Crippen molar-refractivity contribution in [3.05, 3.63) is 33.8 Å². The Balaban J connectivity index is 2.49. The molecule has 0 aliphatic rings. The Morgan fingerprint density at radius 1 is 1.19 bits per heavy atom. The Morgan fingerprint density at radius 3 is 2.25 bits per heavy atom. The fourth-order valence-corrected chi connectivity index (χ4v) is 2.11. The van der Waals surface area contributed by atoms with Crippen molar-refractivity contribution in [3.63, 3.8) is 0 Å². The summed E-state index contributed by atoms with van der Waals surface area (Å²) in [5, 5.41) is 4.79. The maximum atomic E-state index is 5.93. The standard InChI is InChI=1S/C12H17Cl2NS/c1-12(2,16-3)8-15-7-9-4-10(13)6-11(14)5-9/h4-6,15H,7-8H2,1-3H3. The normalized spacial score (nSPS) is 11.8. The van der Waals surface area contributed by atoms with Gasteiger partial charge in [-0.3, -0.25) is 0 Å². The van der Waals surface area contributed by atoms with E-state index in [4.69, 9.17) is 23.2 Å². The fraction of sp³-hybridized carbons (Fsp3) is 0.500. The van der Waals surface area contributed by atoms with Gasteiger partial charge in [0.25, 0.3) is 0 Å². The van der Waals surface area contributed by atoms with E-state index in [1.807, 2.05) is 23.9 Å². The average Bonchev–Trinajstić information content (AvgIpc) is 2.16. The first-order chi connectivity index (χ1) is 7.43. The van der Waals surface area contributed by atoms with E-state index >= 15 is 0 Å². The highest BCUT2D eigenvalue weighted by Gasteiger charge is 2.14. The highest BCUT2D eigenvalue weighted by atomic mass is 35.5. The van der Waals surface area contributed by atoms with Crippen molar-refractivity contribution < 1.29 is 0 Å². The molecule has 0 bridgehead atoms. The molecule has 1 rings (SSSR count). The molecule has 4 heteroatoms. The SMILES string of the molecule is CSC(C)(C)CNCc1cc(Cl)cc(Cl)c1. The molecule has 16 heavy (non-hydrogen) atoms. The van der Waals surface area contributed by atoms with E-state index in [0.29, 0.717) is 10.0 Å². The minimum atomic E-state index is 0.252. The molecule has 0 amide bonds. The summed E-state index contributed by atoms with van der Waals surface area (Å²) in [7, 11) is 0. The van der Waals surface area contributed by atoms with Gasteiger partial charge in [0.1, 0.15) is 0 Å². The molecule has 0 atom stereocenters. The third-order valence-corrected chi connectivity index (χ3v) is 4.04. The molecule has 1 nitrogen and oxygen atoms in total. The Bertz CT molecular complexity index is 333. The fourth-order valence-electron chi connectivity index (χ4n) is 1.29. The van der Waals surface area contributed by atoms with Crippen LogP contribution in [0, 0.1) is 0 Å². The van der Waals surface area contributed by atoms with Crippen molar-refractivity contribution in [1.29, 1.82) is 0 Å². The third-order valence-electron chi connectivity index (χ3n) is 2.35. The first kappa shape index (κ1) is 14.2. The van der Waals surface area contributed by atoms with Crippen molar-refractivity contribution >= 4 is 35.0 Å². The number of benzene rings is 1. The molecule has 1 N–H and O–H groups in total. The second-order valence-corrected chi connectivity index (χ2v) is 6.73. The van der Waals surface area contributed by atoms with Crippen molar-refractivity contribution in [2.45, 2.75) is 25.1 Å². The van der Waals surface area contributed by atoms with Gasteiger partial charge in [-0.1, -0.05) is 23.2 Å². The lowest BCUT2D eigenvalue weighted by molar-refractivity contribution is 0.591. The van der Waals surface area contributed by atoms with Crippen molar-refractivity contribution in [2.24, 2.45) is 0 Å². The molecule has 0 aliphatic carbocycles. The van der Waals surface area contributed by atoms with Gasteiger partial charge >= 0.3 is 0 Å². The van der Waals surface area contributed by atoms with E-state index in [1.165, 1.54) is 0 Å². The molecule has 0 fully saturated rings. The van der Waals surface area contributed by atoms with Gasteiger partial charge in [-0.05, 0) is 43.9 Å². The third kappa shape index (κ3) is 4.96. The monoisotopic (exact) mass is 277 g/mol. The number of thioether (sulfide) groups is 1. The van der Waals surface area contributed by atoms with Crippen molar-refractivity contribution in [1.82, 2.24) is 5.32 Å². The molecular formula is C12H17Cl2NS. The summed E-state index contributed by atoms with van der Waals surface area (Å²) in [5.74, 6) is 0.